The predicted octanol–water partition coefficient (Wildman–Crippen LogP) is 1.87. The third-order valence-corrected chi connectivity index (χ3v) is 1.49. The van der Waals surface area contributed by atoms with E-state index in [0.29, 0.717) is 18.1 Å². The Labute approximate surface area is 78.2 Å². The first kappa shape index (κ1) is 9.86. The minimum atomic E-state index is 0.241. The second-order valence-electron chi connectivity index (χ2n) is 2.32. The van der Waals surface area contributed by atoms with Gasteiger partial charge in [-0.25, -0.2) is 0 Å². The molecule has 0 atom stereocenters. The van der Waals surface area contributed by atoms with Crippen LogP contribution in [0.5, 0.6) is 11.5 Å². The third kappa shape index (κ3) is 2.95. The normalized spacial score (nSPS) is 9.69. The number of hydrogen-bond acceptors (Lipinski definition) is 3. The summed E-state index contributed by atoms with van der Waals surface area (Å²) in [6.07, 6.45) is 0. The lowest BCUT2D eigenvalue weighted by atomic mass is 10.3. The van der Waals surface area contributed by atoms with Crippen LogP contribution in [-0.2, 0) is 4.74 Å². The summed E-state index contributed by atoms with van der Waals surface area (Å²) in [5.74, 6) is 1.25. The van der Waals surface area contributed by atoms with Gasteiger partial charge in [0, 0.05) is 12.7 Å². The van der Waals surface area contributed by atoms with Gasteiger partial charge in [-0.1, -0.05) is 12.1 Å². The zero-order chi connectivity index (χ0) is 9.52. The van der Waals surface area contributed by atoms with Crippen molar-refractivity contribution in [3.05, 3.63) is 24.3 Å². The first-order valence-electron chi connectivity index (χ1n) is 4.13. The SMILES string of the molecule is CCOCOc1ccc[c]c1OC. The summed E-state index contributed by atoms with van der Waals surface area (Å²) in [5, 5.41) is 0. The monoisotopic (exact) mass is 181 g/mol. The van der Waals surface area contributed by atoms with E-state index in [9.17, 15) is 0 Å². The molecule has 0 unspecified atom stereocenters. The average Bonchev–Trinajstić information content (AvgIpc) is 2.19. The van der Waals surface area contributed by atoms with Gasteiger partial charge in [0.05, 0.1) is 7.11 Å². The largest absolute Gasteiger partial charge is 0.492 e. The number of benzene rings is 1. The fourth-order valence-corrected chi connectivity index (χ4v) is 0.868. The van der Waals surface area contributed by atoms with Crippen LogP contribution < -0.4 is 9.47 Å². The second-order valence-corrected chi connectivity index (χ2v) is 2.32. The van der Waals surface area contributed by atoms with Gasteiger partial charge in [-0.3, -0.25) is 0 Å². The van der Waals surface area contributed by atoms with E-state index in [-0.39, 0.29) is 6.79 Å². The summed E-state index contributed by atoms with van der Waals surface area (Å²) >= 11 is 0. The third-order valence-electron chi connectivity index (χ3n) is 1.49. The van der Waals surface area contributed by atoms with Gasteiger partial charge in [0.15, 0.2) is 18.3 Å². The molecule has 1 aromatic carbocycles. The Balaban J connectivity index is 2.54. The first-order valence-corrected chi connectivity index (χ1v) is 4.13. The van der Waals surface area contributed by atoms with Gasteiger partial charge >= 0.3 is 0 Å². The van der Waals surface area contributed by atoms with E-state index in [1.54, 1.807) is 13.2 Å². The van der Waals surface area contributed by atoms with E-state index in [2.05, 4.69) is 6.07 Å². The molecule has 0 fully saturated rings. The van der Waals surface area contributed by atoms with E-state index < -0.39 is 0 Å². The van der Waals surface area contributed by atoms with Crippen LogP contribution in [0.1, 0.15) is 6.92 Å². The minimum Gasteiger partial charge on any atom is -0.492 e. The molecule has 1 radical (unpaired) electrons. The molecule has 3 heteroatoms. The molecule has 0 aromatic heterocycles. The van der Waals surface area contributed by atoms with Crippen LogP contribution in [0.4, 0.5) is 0 Å². The smallest absolute Gasteiger partial charge is 0.189 e. The standard InChI is InChI=1S/C10H13O3/c1-3-12-8-13-10-7-5-4-6-9(10)11-2/h4-5,7H,3,8H2,1-2H3. The summed E-state index contributed by atoms with van der Waals surface area (Å²) in [4.78, 5) is 0. The van der Waals surface area contributed by atoms with Crippen molar-refractivity contribution in [3.8, 4) is 11.5 Å². The van der Waals surface area contributed by atoms with Crippen molar-refractivity contribution in [2.75, 3.05) is 20.5 Å². The van der Waals surface area contributed by atoms with Crippen molar-refractivity contribution in [3.63, 3.8) is 0 Å². The van der Waals surface area contributed by atoms with Crippen LogP contribution in [0, 0.1) is 6.07 Å². The molecular weight excluding hydrogens is 168 g/mol. The zero-order valence-corrected chi connectivity index (χ0v) is 7.87. The van der Waals surface area contributed by atoms with E-state index in [1.165, 1.54) is 0 Å². The number of rotatable bonds is 5. The topological polar surface area (TPSA) is 27.7 Å². The molecule has 1 rings (SSSR count). The van der Waals surface area contributed by atoms with E-state index in [0.717, 1.165) is 0 Å². The molecule has 0 saturated heterocycles. The lowest BCUT2D eigenvalue weighted by Gasteiger charge is -2.08. The highest BCUT2D eigenvalue weighted by molar-refractivity contribution is 5.38. The van der Waals surface area contributed by atoms with E-state index in [4.69, 9.17) is 14.2 Å². The van der Waals surface area contributed by atoms with Crippen molar-refractivity contribution in [1.29, 1.82) is 0 Å². The Morgan fingerprint density at radius 2 is 2.31 bits per heavy atom. The highest BCUT2D eigenvalue weighted by atomic mass is 16.7. The highest BCUT2D eigenvalue weighted by Crippen LogP contribution is 2.24. The number of methoxy groups -OCH3 is 1. The average molecular weight is 181 g/mol. The fourth-order valence-electron chi connectivity index (χ4n) is 0.868. The lowest BCUT2D eigenvalue weighted by Crippen LogP contribution is -2.03. The van der Waals surface area contributed by atoms with Crippen LogP contribution in [-0.4, -0.2) is 20.5 Å². The summed E-state index contributed by atoms with van der Waals surface area (Å²) < 4.78 is 15.4. The molecule has 3 nitrogen and oxygen atoms in total. The van der Waals surface area contributed by atoms with Gasteiger partial charge in [-0.05, 0) is 13.0 Å². The summed E-state index contributed by atoms with van der Waals surface area (Å²) in [6.45, 7) is 2.79. The van der Waals surface area contributed by atoms with Crippen LogP contribution in [0.25, 0.3) is 0 Å². The Morgan fingerprint density at radius 1 is 1.46 bits per heavy atom. The maximum Gasteiger partial charge on any atom is 0.189 e. The molecule has 0 amide bonds. The van der Waals surface area contributed by atoms with Gasteiger partial charge in [-0.2, -0.15) is 0 Å². The highest BCUT2D eigenvalue weighted by Gasteiger charge is 2.01. The Bertz CT molecular complexity index is 248. The van der Waals surface area contributed by atoms with Crippen LogP contribution in [0.15, 0.2) is 18.2 Å². The summed E-state index contributed by atoms with van der Waals surface area (Å²) in [5.41, 5.74) is 0. The second kappa shape index (κ2) is 5.43. The molecule has 71 valence electrons. The molecule has 0 bridgehead atoms. The zero-order valence-electron chi connectivity index (χ0n) is 7.87. The maximum atomic E-state index is 5.29. The molecule has 0 saturated carbocycles. The molecular formula is C10H13O3. The predicted molar refractivity (Wildman–Crippen MR) is 49.0 cm³/mol. The molecule has 0 aliphatic rings. The van der Waals surface area contributed by atoms with Gasteiger partial charge in [-0.15, -0.1) is 0 Å². The molecule has 0 N–H and O–H groups in total. The van der Waals surface area contributed by atoms with Crippen molar-refractivity contribution in [2.45, 2.75) is 6.92 Å². The molecule has 0 aliphatic carbocycles. The van der Waals surface area contributed by atoms with Gasteiger partial charge < -0.3 is 14.2 Å². The molecule has 0 aliphatic heterocycles. The minimum absolute atomic E-state index is 0.241. The van der Waals surface area contributed by atoms with Crippen molar-refractivity contribution in [2.24, 2.45) is 0 Å². The van der Waals surface area contributed by atoms with Gasteiger partial charge in [0.2, 0.25) is 0 Å². The van der Waals surface area contributed by atoms with Crippen LogP contribution in [0.3, 0.4) is 0 Å². The number of hydrogen-bond donors (Lipinski definition) is 0. The lowest BCUT2D eigenvalue weighted by molar-refractivity contribution is 0.0209. The van der Waals surface area contributed by atoms with E-state index >= 15 is 0 Å². The Morgan fingerprint density at radius 3 is 3.00 bits per heavy atom. The first-order chi connectivity index (χ1) is 6.38. The summed E-state index contributed by atoms with van der Waals surface area (Å²) in [7, 11) is 1.58. The van der Waals surface area contributed by atoms with Gasteiger partial charge in [0.1, 0.15) is 0 Å². The molecule has 1 aromatic rings. The quantitative estimate of drug-likeness (QED) is 0.512. The molecule has 0 heterocycles. The number of ether oxygens (including phenoxy) is 3. The number of para-hydroxylation sites is 1. The molecule has 13 heavy (non-hydrogen) atoms. The van der Waals surface area contributed by atoms with Crippen molar-refractivity contribution < 1.29 is 14.2 Å². The van der Waals surface area contributed by atoms with Gasteiger partial charge in [0.25, 0.3) is 0 Å². The van der Waals surface area contributed by atoms with Crippen LogP contribution in [0.2, 0.25) is 0 Å². The fraction of sp³-hybridized carbons (Fsp3) is 0.400. The summed E-state index contributed by atoms with van der Waals surface area (Å²) in [6, 6.07) is 8.33. The molecule has 0 spiro atoms. The van der Waals surface area contributed by atoms with E-state index in [1.807, 2.05) is 19.1 Å². The maximum absolute atomic E-state index is 5.29. The van der Waals surface area contributed by atoms with Crippen molar-refractivity contribution in [1.82, 2.24) is 0 Å². The Kier molecular flexibility index (Phi) is 4.12. The van der Waals surface area contributed by atoms with Crippen molar-refractivity contribution >= 4 is 0 Å². The van der Waals surface area contributed by atoms with Crippen LogP contribution >= 0.6 is 0 Å². The Hall–Kier alpha value is -1.22.